The molecule has 0 aliphatic rings. The molecule has 0 aliphatic carbocycles. The van der Waals surface area contributed by atoms with Crippen LogP contribution < -0.4 is 0 Å². The van der Waals surface area contributed by atoms with E-state index in [2.05, 4.69) is 0 Å². The minimum Gasteiger partial charge on any atom is -0.276 e. The highest BCUT2D eigenvalue weighted by atomic mass is 35.5. The van der Waals surface area contributed by atoms with Crippen molar-refractivity contribution in [2.75, 3.05) is 0 Å². The van der Waals surface area contributed by atoms with Gasteiger partial charge < -0.3 is 0 Å². The van der Waals surface area contributed by atoms with E-state index < -0.39 is 5.24 Å². The highest BCUT2D eigenvalue weighted by molar-refractivity contribution is 6.67. The summed E-state index contributed by atoms with van der Waals surface area (Å²) >= 11 is 5.36. The summed E-state index contributed by atoms with van der Waals surface area (Å²) in [6.07, 6.45) is 0. The number of benzene rings is 2. The van der Waals surface area contributed by atoms with Gasteiger partial charge in [-0.25, -0.2) is 0 Å². The molecule has 0 radical (unpaired) electrons. The van der Waals surface area contributed by atoms with Gasteiger partial charge in [0.25, 0.3) is 5.24 Å². The first kappa shape index (κ1) is 11.7. The quantitative estimate of drug-likeness (QED) is 0.657. The molecule has 0 heterocycles. The van der Waals surface area contributed by atoms with E-state index in [1.165, 1.54) is 0 Å². The van der Waals surface area contributed by atoms with Crippen molar-refractivity contribution in [3.63, 3.8) is 0 Å². The second-order valence-corrected chi connectivity index (χ2v) is 3.18. The van der Waals surface area contributed by atoms with E-state index in [1.54, 1.807) is 12.1 Å². The fraction of sp³-hybridized carbons (Fsp3) is 0.154. The molecule has 0 aromatic heterocycles. The van der Waals surface area contributed by atoms with Crippen LogP contribution in [0.4, 0.5) is 0 Å². The van der Waals surface area contributed by atoms with E-state index in [0.717, 1.165) is 10.8 Å². The lowest BCUT2D eigenvalue weighted by Crippen LogP contribution is -1.87. The zero-order valence-electron chi connectivity index (χ0n) is 8.83. The van der Waals surface area contributed by atoms with Crippen molar-refractivity contribution in [3.8, 4) is 0 Å². The van der Waals surface area contributed by atoms with Crippen LogP contribution in [0.15, 0.2) is 42.5 Å². The molecule has 0 aliphatic heterocycles. The first-order valence-corrected chi connectivity index (χ1v) is 5.34. The third-order valence-corrected chi connectivity index (χ3v) is 2.19. The van der Waals surface area contributed by atoms with Gasteiger partial charge in [-0.15, -0.1) is 0 Å². The van der Waals surface area contributed by atoms with Crippen LogP contribution in [0, 0.1) is 0 Å². The second-order valence-electron chi connectivity index (χ2n) is 2.84. The average molecular weight is 221 g/mol. The fourth-order valence-corrected chi connectivity index (χ4v) is 1.43. The highest BCUT2D eigenvalue weighted by Crippen LogP contribution is 2.16. The number of carbonyl (C=O) groups excluding carboxylic acids is 1. The van der Waals surface area contributed by atoms with Crippen molar-refractivity contribution in [2.24, 2.45) is 0 Å². The predicted molar refractivity (Wildman–Crippen MR) is 65.5 cm³/mol. The molecule has 78 valence electrons. The van der Waals surface area contributed by atoms with Crippen LogP contribution in [0.1, 0.15) is 24.2 Å². The van der Waals surface area contributed by atoms with Gasteiger partial charge in [-0.2, -0.15) is 0 Å². The molecule has 0 atom stereocenters. The van der Waals surface area contributed by atoms with Gasteiger partial charge in [0.15, 0.2) is 0 Å². The van der Waals surface area contributed by atoms with Crippen molar-refractivity contribution in [1.82, 2.24) is 0 Å². The Morgan fingerprint density at radius 3 is 2.20 bits per heavy atom. The van der Waals surface area contributed by atoms with Crippen molar-refractivity contribution < 1.29 is 4.79 Å². The molecular weight excluding hydrogens is 208 g/mol. The first-order valence-electron chi connectivity index (χ1n) is 4.96. The van der Waals surface area contributed by atoms with Crippen molar-refractivity contribution in [2.45, 2.75) is 13.8 Å². The van der Waals surface area contributed by atoms with E-state index in [-0.39, 0.29) is 0 Å². The van der Waals surface area contributed by atoms with Crippen LogP contribution in [0.25, 0.3) is 10.8 Å². The second kappa shape index (κ2) is 5.52. The van der Waals surface area contributed by atoms with Gasteiger partial charge in [0.05, 0.1) is 0 Å². The Morgan fingerprint density at radius 2 is 1.60 bits per heavy atom. The average Bonchev–Trinajstić information content (AvgIpc) is 2.31. The van der Waals surface area contributed by atoms with E-state index in [4.69, 9.17) is 11.6 Å². The summed E-state index contributed by atoms with van der Waals surface area (Å²) in [5.74, 6) is 0. The predicted octanol–water partition coefficient (Wildman–Crippen LogP) is 4.25. The number of halogens is 1. The molecule has 0 unspecified atom stereocenters. The SMILES string of the molecule is CC.O=C(Cl)c1ccc2ccccc2c1. The Labute approximate surface area is 94.7 Å². The number of fused-ring (bicyclic) bond motifs is 1. The highest BCUT2D eigenvalue weighted by Gasteiger charge is 2.01. The standard InChI is InChI=1S/C11H7ClO.C2H6/c12-11(13)10-6-5-8-3-1-2-4-9(8)7-10;1-2/h1-7H;1-2H3. The summed E-state index contributed by atoms with van der Waals surface area (Å²) < 4.78 is 0. The number of rotatable bonds is 1. The molecule has 2 aromatic carbocycles. The van der Waals surface area contributed by atoms with E-state index >= 15 is 0 Å². The van der Waals surface area contributed by atoms with Crippen LogP contribution in [0.3, 0.4) is 0 Å². The molecule has 2 heteroatoms. The summed E-state index contributed by atoms with van der Waals surface area (Å²) in [5.41, 5.74) is 0.542. The zero-order valence-corrected chi connectivity index (χ0v) is 9.58. The molecular formula is C13H13ClO. The van der Waals surface area contributed by atoms with Crippen molar-refractivity contribution in [1.29, 1.82) is 0 Å². The lowest BCUT2D eigenvalue weighted by atomic mass is 10.1. The Hall–Kier alpha value is -1.34. The van der Waals surface area contributed by atoms with Crippen LogP contribution in [-0.2, 0) is 0 Å². The van der Waals surface area contributed by atoms with E-state index in [9.17, 15) is 4.79 Å². The smallest absolute Gasteiger partial charge is 0.252 e. The maximum atomic E-state index is 10.9. The molecule has 0 fully saturated rings. The Kier molecular flexibility index (Phi) is 4.32. The molecule has 0 spiro atoms. The molecule has 0 saturated carbocycles. The molecule has 0 bridgehead atoms. The van der Waals surface area contributed by atoms with Crippen LogP contribution in [0.2, 0.25) is 0 Å². The first-order chi connectivity index (χ1) is 7.27. The molecule has 0 N–H and O–H groups in total. The third-order valence-electron chi connectivity index (χ3n) is 1.98. The monoisotopic (exact) mass is 220 g/mol. The van der Waals surface area contributed by atoms with Crippen LogP contribution >= 0.6 is 11.6 Å². The van der Waals surface area contributed by atoms with Gasteiger partial charge in [-0.1, -0.05) is 44.2 Å². The van der Waals surface area contributed by atoms with Gasteiger partial charge in [0.1, 0.15) is 0 Å². The molecule has 2 rings (SSSR count). The van der Waals surface area contributed by atoms with Crippen LogP contribution in [0.5, 0.6) is 0 Å². The summed E-state index contributed by atoms with van der Waals surface area (Å²) in [6.45, 7) is 4.00. The molecule has 1 nitrogen and oxygen atoms in total. The lowest BCUT2D eigenvalue weighted by molar-refractivity contribution is 0.108. The number of hydrogen-bond acceptors (Lipinski definition) is 1. The van der Waals surface area contributed by atoms with Crippen molar-refractivity contribution >= 4 is 27.6 Å². The lowest BCUT2D eigenvalue weighted by Gasteiger charge is -1.98. The minimum absolute atomic E-state index is 0.411. The van der Waals surface area contributed by atoms with E-state index in [1.807, 2.05) is 44.2 Å². The summed E-state index contributed by atoms with van der Waals surface area (Å²) in [7, 11) is 0. The number of carbonyl (C=O) groups is 1. The summed E-state index contributed by atoms with van der Waals surface area (Å²) in [6, 6.07) is 13.3. The maximum Gasteiger partial charge on any atom is 0.252 e. The molecule has 15 heavy (non-hydrogen) atoms. The normalized spacial score (nSPS) is 9.27. The Bertz CT molecular complexity index is 463. The zero-order chi connectivity index (χ0) is 11.3. The summed E-state index contributed by atoms with van der Waals surface area (Å²) in [4.78, 5) is 10.9. The van der Waals surface area contributed by atoms with Gasteiger partial charge >= 0.3 is 0 Å². The Balaban J connectivity index is 0.000000531. The van der Waals surface area contributed by atoms with E-state index in [0.29, 0.717) is 5.56 Å². The van der Waals surface area contributed by atoms with Crippen molar-refractivity contribution in [3.05, 3.63) is 48.0 Å². The van der Waals surface area contributed by atoms with Gasteiger partial charge in [0, 0.05) is 5.56 Å². The van der Waals surface area contributed by atoms with Gasteiger partial charge in [-0.05, 0) is 34.5 Å². The topological polar surface area (TPSA) is 17.1 Å². The fourth-order valence-electron chi connectivity index (χ4n) is 1.31. The largest absolute Gasteiger partial charge is 0.276 e. The number of hydrogen-bond donors (Lipinski definition) is 0. The third kappa shape index (κ3) is 2.80. The molecule has 2 aromatic rings. The summed E-state index contributed by atoms with van der Waals surface area (Å²) in [5, 5.41) is 1.74. The van der Waals surface area contributed by atoms with Crippen LogP contribution in [-0.4, -0.2) is 5.24 Å². The van der Waals surface area contributed by atoms with Gasteiger partial charge in [0.2, 0.25) is 0 Å². The minimum atomic E-state index is -0.411. The van der Waals surface area contributed by atoms with Gasteiger partial charge in [-0.3, -0.25) is 4.79 Å². The Morgan fingerprint density at radius 1 is 1.00 bits per heavy atom. The maximum absolute atomic E-state index is 10.9. The molecule has 0 saturated heterocycles. The molecule has 0 amide bonds.